The lowest BCUT2D eigenvalue weighted by Crippen LogP contribution is -2.40. The molecule has 10 nitrogen and oxygen atoms in total. The van der Waals surface area contributed by atoms with Crippen LogP contribution in [0.2, 0.25) is 0 Å². The normalized spacial score (nSPS) is 14.7. The molecule has 0 saturated heterocycles. The summed E-state index contributed by atoms with van der Waals surface area (Å²) < 4.78 is 29.3. The first-order valence-corrected chi connectivity index (χ1v) is 12.8. The van der Waals surface area contributed by atoms with Gasteiger partial charge in [-0.1, -0.05) is 29.5 Å². The largest absolute Gasteiger partial charge is 0.493 e. The van der Waals surface area contributed by atoms with Crippen LogP contribution in [0.15, 0.2) is 57.5 Å². The summed E-state index contributed by atoms with van der Waals surface area (Å²) in [5.74, 6) is 1.01. The first-order chi connectivity index (χ1) is 18.9. The molecule has 0 unspecified atom stereocenters. The summed E-state index contributed by atoms with van der Waals surface area (Å²) in [6.07, 6.45) is 1.69. The Morgan fingerprint density at radius 1 is 1.13 bits per heavy atom. The fraction of sp³-hybridized carbons (Fsp3) is 0.286. The van der Waals surface area contributed by atoms with Crippen molar-refractivity contribution >= 4 is 23.4 Å². The van der Waals surface area contributed by atoms with Crippen LogP contribution in [-0.2, 0) is 9.53 Å². The second-order valence-corrected chi connectivity index (χ2v) is 9.25. The third-order valence-corrected chi connectivity index (χ3v) is 7.00. The molecule has 0 radical (unpaired) electrons. The lowest BCUT2D eigenvalue weighted by Gasteiger charge is -2.26. The number of hydrogen-bond acceptors (Lipinski definition) is 10. The van der Waals surface area contributed by atoms with Crippen LogP contribution in [0.3, 0.4) is 0 Å². The Bertz CT molecular complexity index is 1640. The van der Waals surface area contributed by atoms with Gasteiger partial charge < -0.3 is 23.7 Å². The van der Waals surface area contributed by atoms with Gasteiger partial charge in [0.15, 0.2) is 22.9 Å². The highest BCUT2D eigenvalue weighted by atomic mass is 32.1. The molecule has 0 aliphatic carbocycles. The topological polar surface area (TPSA) is 121 Å². The van der Waals surface area contributed by atoms with E-state index < -0.39 is 12.0 Å². The van der Waals surface area contributed by atoms with E-state index in [2.05, 4.69) is 4.99 Å². The predicted octanol–water partition coefficient (Wildman–Crippen LogP) is 2.73. The third-order valence-electron chi connectivity index (χ3n) is 6.02. The van der Waals surface area contributed by atoms with Crippen LogP contribution < -0.4 is 33.8 Å². The lowest BCUT2D eigenvalue weighted by molar-refractivity contribution is -0.139. The van der Waals surface area contributed by atoms with E-state index in [4.69, 9.17) is 28.9 Å². The Labute approximate surface area is 228 Å². The Hall–Kier alpha value is -4.56. The molecule has 0 bridgehead atoms. The second-order valence-electron chi connectivity index (χ2n) is 8.25. The molecule has 0 amide bonds. The van der Waals surface area contributed by atoms with E-state index in [1.807, 2.05) is 12.1 Å². The zero-order chi connectivity index (χ0) is 28.1. The number of esters is 1. The molecule has 3 aromatic rings. The highest BCUT2D eigenvalue weighted by Gasteiger charge is 2.34. The molecule has 2 aromatic carbocycles. The molecule has 2 heterocycles. The van der Waals surface area contributed by atoms with Crippen molar-refractivity contribution in [2.75, 3.05) is 34.5 Å². The van der Waals surface area contributed by atoms with Crippen molar-refractivity contribution in [3.8, 4) is 29.1 Å². The molecule has 1 atom stereocenters. The number of thiazole rings is 1. The van der Waals surface area contributed by atoms with Crippen LogP contribution in [0.5, 0.6) is 23.0 Å². The van der Waals surface area contributed by atoms with Gasteiger partial charge in [0.2, 0.25) is 5.75 Å². The van der Waals surface area contributed by atoms with Crippen LogP contribution in [0.4, 0.5) is 0 Å². The number of nitriles is 1. The zero-order valence-corrected chi connectivity index (χ0v) is 23.0. The summed E-state index contributed by atoms with van der Waals surface area (Å²) in [7, 11) is 4.48. The number of aromatic nitrogens is 1. The molecule has 202 valence electrons. The van der Waals surface area contributed by atoms with Crippen molar-refractivity contribution in [1.82, 2.24) is 4.57 Å². The number of para-hydroxylation sites is 1. The van der Waals surface area contributed by atoms with Crippen molar-refractivity contribution < 1.29 is 28.5 Å². The number of rotatable bonds is 9. The summed E-state index contributed by atoms with van der Waals surface area (Å²) in [4.78, 5) is 32.1. The zero-order valence-electron chi connectivity index (χ0n) is 22.1. The number of ether oxygens (including phenoxy) is 5. The molecule has 1 aromatic heterocycles. The van der Waals surface area contributed by atoms with Gasteiger partial charge in [-0.3, -0.25) is 9.36 Å². The SMILES string of the molecule is CCOC(=O)C1=C(C)N=c2s/c(=C\c3ccccc3OCC#N)c(=O)n2[C@H]1c1cc(OC)c(OC)c(OC)c1. The molecule has 1 aliphatic rings. The summed E-state index contributed by atoms with van der Waals surface area (Å²) in [5, 5.41) is 8.92. The molecule has 0 saturated carbocycles. The fourth-order valence-electron chi connectivity index (χ4n) is 4.35. The second kappa shape index (κ2) is 11.9. The average molecular weight is 550 g/mol. The lowest BCUT2D eigenvalue weighted by atomic mass is 9.95. The standard InChI is InChI=1S/C28H27N3O7S/c1-6-37-27(33)23-16(2)30-28-31(24(23)18-13-20(34-3)25(36-5)21(14-18)35-4)26(32)22(39-28)15-17-9-7-8-10-19(17)38-12-11-29/h7-10,13-15,24H,6,12H2,1-5H3/b22-15-/t24-/m0/s1. The minimum atomic E-state index is -0.874. The first-order valence-electron chi connectivity index (χ1n) is 12.0. The molecule has 4 rings (SSSR count). The van der Waals surface area contributed by atoms with Crippen LogP contribution in [0.25, 0.3) is 6.08 Å². The number of carbonyl (C=O) groups is 1. The summed E-state index contributed by atoms with van der Waals surface area (Å²) in [6, 6.07) is 11.6. The smallest absolute Gasteiger partial charge is 0.338 e. The van der Waals surface area contributed by atoms with E-state index in [1.165, 1.54) is 37.2 Å². The molecule has 0 N–H and O–H groups in total. The van der Waals surface area contributed by atoms with Crippen molar-refractivity contribution in [1.29, 1.82) is 5.26 Å². The number of methoxy groups -OCH3 is 3. The summed E-state index contributed by atoms with van der Waals surface area (Å²) in [6.45, 7) is 3.44. The Kier molecular flexibility index (Phi) is 8.36. The van der Waals surface area contributed by atoms with Gasteiger partial charge in [0.25, 0.3) is 5.56 Å². The fourth-order valence-corrected chi connectivity index (χ4v) is 5.39. The number of allylic oxidation sites excluding steroid dienone is 1. The maximum Gasteiger partial charge on any atom is 0.338 e. The number of fused-ring (bicyclic) bond motifs is 1. The average Bonchev–Trinajstić information content (AvgIpc) is 3.24. The maximum atomic E-state index is 13.9. The van der Waals surface area contributed by atoms with Gasteiger partial charge in [0, 0.05) is 5.56 Å². The molecule has 1 aliphatic heterocycles. The Balaban J connectivity index is 1.99. The highest BCUT2D eigenvalue weighted by Crippen LogP contribution is 2.42. The molecular weight excluding hydrogens is 522 g/mol. The maximum absolute atomic E-state index is 13.9. The quantitative estimate of drug-likeness (QED) is 0.374. The van der Waals surface area contributed by atoms with Gasteiger partial charge in [-0.05, 0) is 43.7 Å². The summed E-state index contributed by atoms with van der Waals surface area (Å²) in [5.41, 5.74) is 1.47. The molecular formula is C28H27N3O7S. The molecule has 0 fully saturated rings. The predicted molar refractivity (Wildman–Crippen MR) is 144 cm³/mol. The minimum Gasteiger partial charge on any atom is -0.493 e. The third kappa shape index (κ3) is 5.24. The van der Waals surface area contributed by atoms with Crippen LogP contribution in [0, 0.1) is 11.3 Å². The van der Waals surface area contributed by atoms with Gasteiger partial charge in [-0.25, -0.2) is 9.79 Å². The number of nitrogens with zero attached hydrogens (tertiary/aromatic N) is 3. The van der Waals surface area contributed by atoms with Gasteiger partial charge >= 0.3 is 5.97 Å². The van der Waals surface area contributed by atoms with Crippen LogP contribution >= 0.6 is 11.3 Å². The van der Waals surface area contributed by atoms with E-state index in [1.54, 1.807) is 50.3 Å². The highest BCUT2D eigenvalue weighted by molar-refractivity contribution is 7.07. The van der Waals surface area contributed by atoms with Crippen LogP contribution in [0.1, 0.15) is 31.0 Å². The molecule has 11 heteroatoms. The van der Waals surface area contributed by atoms with Gasteiger partial charge in [-0.2, -0.15) is 5.26 Å². The Morgan fingerprint density at radius 2 is 1.82 bits per heavy atom. The number of carbonyl (C=O) groups excluding carboxylic acids is 1. The molecule has 0 spiro atoms. The van der Waals surface area contributed by atoms with E-state index in [-0.39, 0.29) is 24.3 Å². The Morgan fingerprint density at radius 3 is 2.44 bits per heavy atom. The van der Waals surface area contributed by atoms with Gasteiger partial charge in [-0.15, -0.1) is 0 Å². The number of hydrogen-bond donors (Lipinski definition) is 0. The van der Waals surface area contributed by atoms with Gasteiger partial charge in [0.05, 0.1) is 49.8 Å². The number of benzene rings is 2. The first kappa shape index (κ1) is 27.5. The van der Waals surface area contributed by atoms with Crippen molar-refractivity contribution in [2.24, 2.45) is 4.99 Å². The van der Waals surface area contributed by atoms with Gasteiger partial charge in [0.1, 0.15) is 11.8 Å². The van der Waals surface area contributed by atoms with Crippen LogP contribution in [-0.4, -0.2) is 45.1 Å². The monoisotopic (exact) mass is 549 g/mol. The minimum absolute atomic E-state index is 0.130. The van der Waals surface area contributed by atoms with E-state index in [9.17, 15) is 9.59 Å². The van der Waals surface area contributed by atoms with E-state index in [0.717, 1.165) is 0 Å². The van der Waals surface area contributed by atoms with Crippen molar-refractivity contribution in [2.45, 2.75) is 19.9 Å². The summed E-state index contributed by atoms with van der Waals surface area (Å²) >= 11 is 1.18. The van der Waals surface area contributed by atoms with Crippen molar-refractivity contribution in [3.05, 3.63) is 78.5 Å². The molecule has 39 heavy (non-hydrogen) atoms. The van der Waals surface area contributed by atoms with Crippen molar-refractivity contribution in [3.63, 3.8) is 0 Å². The van der Waals surface area contributed by atoms with E-state index >= 15 is 0 Å². The van der Waals surface area contributed by atoms with E-state index in [0.29, 0.717) is 49.2 Å².